The summed E-state index contributed by atoms with van der Waals surface area (Å²) in [5.41, 5.74) is -0.871. The van der Waals surface area contributed by atoms with E-state index in [2.05, 4.69) is 18.5 Å². The Balaban J connectivity index is 2.71. The molecule has 5 nitrogen and oxygen atoms in total. The van der Waals surface area contributed by atoms with Gasteiger partial charge in [-0.05, 0) is 19.8 Å². The average Bonchev–Trinajstić information content (AvgIpc) is 2.72. The van der Waals surface area contributed by atoms with Crippen molar-refractivity contribution in [1.82, 2.24) is 10.2 Å². The molecule has 0 bridgehead atoms. The van der Waals surface area contributed by atoms with Gasteiger partial charge in [0.2, 0.25) is 0 Å². The smallest absolute Gasteiger partial charge is 0.318 e. The number of carbonyl (C=O) groups excluding carboxylic acids is 1. The van der Waals surface area contributed by atoms with E-state index in [-0.39, 0.29) is 12.1 Å². The third-order valence-corrected chi connectivity index (χ3v) is 3.73. The molecular weight excluding hydrogens is 244 g/mol. The van der Waals surface area contributed by atoms with Crippen LogP contribution in [-0.2, 0) is 4.79 Å². The molecule has 0 spiro atoms. The molecule has 2 atom stereocenters. The summed E-state index contributed by atoms with van der Waals surface area (Å²) in [5.74, 6) is -0.853. The Kier molecular flexibility index (Phi) is 5.15. The molecule has 1 fully saturated rings. The molecule has 1 aliphatic carbocycles. The molecule has 0 aromatic rings. The lowest BCUT2D eigenvalue weighted by Crippen LogP contribution is -2.51. The maximum absolute atomic E-state index is 12.1. The van der Waals surface area contributed by atoms with E-state index in [0.717, 1.165) is 6.42 Å². The molecule has 0 saturated heterocycles. The fourth-order valence-electron chi connectivity index (χ4n) is 2.45. The summed E-state index contributed by atoms with van der Waals surface area (Å²) in [6, 6.07) is -0.589. The van der Waals surface area contributed by atoms with E-state index in [1.54, 1.807) is 24.0 Å². The van der Waals surface area contributed by atoms with Crippen LogP contribution in [0.3, 0.4) is 0 Å². The van der Waals surface area contributed by atoms with E-state index in [4.69, 9.17) is 0 Å². The summed E-state index contributed by atoms with van der Waals surface area (Å²) in [7, 11) is 0. The monoisotopic (exact) mass is 266 g/mol. The van der Waals surface area contributed by atoms with Crippen molar-refractivity contribution in [3.8, 4) is 0 Å². The highest BCUT2D eigenvalue weighted by molar-refractivity contribution is 5.79. The molecule has 0 radical (unpaired) electrons. The minimum absolute atomic E-state index is 0.265. The van der Waals surface area contributed by atoms with Crippen molar-refractivity contribution in [3.63, 3.8) is 0 Å². The summed E-state index contributed by atoms with van der Waals surface area (Å²) in [4.78, 5) is 25.0. The summed E-state index contributed by atoms with van der Waals surface area (Å²) in [6.07, 6.45) is 5.37. The molecule has 0 aliphatic heterocycles. The highest BCUT2D eigenvalue weighted by Gasteiger charge is 2.46. The first-order chi connectivity index (χ1) is 8.95. The molecule has 1 aliphatic rings. The Morgan fingerprint density at radius 2 is 2.00 bits per heavy atom. The Labute approximate surface area is 114 Å². The molecule has 0 aromatic carbocycles. The number of nitrogens with one attached hydrogen (secondary N) is 1. The first kappa shape index (κ1) is 15.3. The van der Waals surface area contributed by atoms with Crippen molar-refractivity contribution >= 4 is 12.0 Å². The highest BCUT2D eigenvalue weighted by atomic mass is 16.4. The van der Waals surface area contributed by atoms with E-state index in [9.17, 15) is 14.7 Å². The molecule has 2 unspecified atom stereocenters. The van der Waals surface area contributed by atoms with Gasteiger partial charge in [0, 0.05) is 19.1 Å². The summed E-state index contributed by atoms with van der Waals surface area (Å²) in [5, 5.41) is 12.1. The number of hydrogen-bond acceptors (Lipinski definition) is 2. The average molecular weight is 266 g/mol. The molecule has 0 heterocycles. The topological polar surface area (TPSA) is 69.6 Å². The van der Waals surface area contributed by atoms with Gasteiger partial charge in [0.1, 0.15) is 0 Å². The van der Waals surface area contributed by atoms with Gasteiger partial charge >= 0.3 is 12.0 Å². The lowest BCUT2D eigenvalue weighted by atomic mass is 9.85. The molecule has 0 aromatic heterocycles. The van der Waals surface area contributed by atoms with Crippen LogP contribution in [0.4, 0.5) is 4.79 Å². The molecule has 1 saturated carbocycles. The lowest BCUT2D eigenvalue weighted by molar-refractivity contribution is -0.148. The van der Waals surface area contributed by atoms with Crippen molar-refractivity contribution < 1.29 is 14.7 Å². The highest BCUT2D eigenvalue weighted by Crippen LogP contribution is 2.38. The third kappa shape index (κ3) is 3.36. The maximum atomic E-state index is 12.1. The van der Waals surface area contributed by atoms with Crippen molar-refractivity contribution in [2.24, 2.45) is 5.41 Å². The van der Waals surface area contributed by atoms with E-state index in [1.165, 1.54) is 0 Å². The second kappa shape index (κ2) is 6.41. The van der Waals surface area contributed by atoms with Gasteiger partial charge in [-0.15, -0.1) is 13.2 Å². The van der Waals surface area contributed by atoms with Crippen LogP contribution in [-0.4, -0.2) is 41.1 Å². The van der Waals surface area contributed by atoms with E-state index in [1.807, 2.05) is 0 Å². The molecule has 2 amide bonds. The number of amides is 2. The Morgan fingerprint density at radius 1 is 1.42 bits per heavy atom. The number of nitrogens with zero attached hydrogens (tertiary/aromatic N) is 1. The summed E-state index contributed by atoms with van der Waals surface area (Å²) >= 11 is 0. The molecule has 5 heteroatoms. The van der Waals surface area contributed by atoms with Gasteiger partial charge in [0.15, 0.2) is 0 Å². The fourth-order valence-corrected chi connectivity index (χ4v) is 2.45. The Hall–Kier alpha value is -1.78. The lowest BCUT2D eigenvalue weighted by Gasteiger charge is -2.30. The fraction of sp³-hybridized carbons (Fsp3) is 0.571. The van der Waals surface area contributed by atoms with Crippen molar-refractivity contribution in [1.29, 1.82) is 0 Å². The zero-order chi connectivity index (χ0) is 14.5. The normalized spacial score (nSPS) is 25.6. The van der Waals surface area contributed by atoms with E-state index >= 15 is 0 Å². The number of hydrogen-bond donors (Lipinski definition) is 2. The van der Waals surface area contributed by atoms with Crippen molar-refractivity contribution in [2.45, 2.75) is 32.2 Å². The third-order valence-electron chi connectivity index (χ3n) is 3.73. The van der Waals surface area contributed by atoms with Crippen LogP contribution in [0.2, 0.25) is 0 Å². The molecule has 106 valence electrons. The second-order valence-electron chi connectivity index (χ2n) is 5.10. The second-order valence-corrected chi connectivity index (χ2v) is 5.10. The van der Waals surface area contributed by atoms with Crippen LogP contribution in [0.25, 0.3) is 0 Å². The number of rotatable bonds is 6. The molecular formula is C14H22N2O3. The number of aliphatic carboxylic acids is 1. The maximum Gasteiger partial charge on any atom is 0.318 e. The number of carbonyl (C=O) groups is 2. The van der Waals surface area contributed by atoms with E-state index in [0.29, 0.717) is 25.9 Å². The van der Waals surface area contributed by atoms with Gasteiger partial charge < -0.3 is 15.3 Å². The van der Waals surface area contributed by atoms with Gasteiger partial charge in [-0.1, -0.05) is 18.6 Å². The zero-order valence-corrected chi connectivity index (χ0v) is 11.4. The van der Waals surface area contributed by atoms with Crippen molar-refractivity contribution in [3.05, 3.63) is 25.3 Å². The van der Waals surface area contributed by atoms with Gasteiger partial charge in [0.25, 0.3) is 0 Å². The van der Waals surface area contributed by atoms with E-state index < -0.39 is 11.4 Å². The van der Waals surface area contributed by atoms with Crippen LogP contribution < -0.4 is 5.32 Å². The van der Waals surface area contributed by atoms with Gasteiger partial charge in [-0.3, -0.25) is 4.79 Å². The minimum atomic E-state index is -0.871. The minimum Gasteiger partial charge on any atom is -0.481 e. The number of carboxylic acid groups (broad SMARTS) is 1. The Morgan fingerprint density at radius 3 is 2.47 bits per heavy atom. The molecule has 1 rings (SSSR count). The quantitative estimate of drug-likeness (QED) is 0.723. The summed E-state index contributed by atoms with van der Waals surface area (Å²) in [6.45, 7) is 9.72. The number of carboxylic acids is 1. The van der Waals surface area contributed by atoms with Crippen LogP contribution in [0.5, 0.6) is 0 Å². The van der Waals surface area contributed by atoms with Crippen LogP contribution >= 0.6 is 0 Å². The first-order valence-electron chi connectivity index (χ1n) is 6.46. The SMILES string of the molecule is C=CCN(CC=C)C(=O)NC1CCCC1(C)C(=O)O. The van der Waals surface area contributed by atoms with Gasteiger partial charge in [-0.25, -0.2) is 4.79 Å². The van der Waals surface area contributed by atoms with Crippen molar-refractivity contribution in [2.75, 3.05) is 13.1 Å². The molecule has 19 heavy (non-hydrogen) atoms. The standard InChI is InChI=1S/C14H22N2O3/c1-4-9-16(10-5-2)13(19)15-11-7-6-8-14(11,3)12(17)18/h4-5,11H,1-2,6-10H2,3H3,(H,15,19)(H,17,18). The molecule has 2 N–H and O–H groups in total. The van der Waals surface area contributed by atoms with Crippen LogP contribution in [0.15, 0.2) is 25.3 Å². The van der Waals surface area contributed by atoms with Crippen LogP contribution in [0, 0.1) is 5.41 Å². The predicted molar refractivity (Wildman–Crippen MR) is 73.9 cm³/mol. The predicted octanol–water partition coefficient (Wildman–Crippen LogP) is 2.01. The summed E-state index contributed by atoms with van der Waals surface area (Å²) < 4.78 is 0. The first-order valence-corrected chi connectivity index (χ1v) is 6.46. The van der Waals surface area contributed by atoms with Crippen LogP contribution in [0.1, 0.15) is 26.2 Å². The largest absolute Gasteiger partial charge is 0.481 e. The van der Waals surface area contributed by atoms with Gasteiger partial charge in [-0.2, -0.15) is 0 Å². The van der Waals surface area contributed by atoms with Gasteiger partial charge in [0.05, 0.1) is 5.41 Å². The Bertz CT molecular complexity index is 371. The number of urea groups is 1. The zero-order valence-electron chi connectivity index (χ0n) is 11.4.